The highest BCUT2D eigenvalue weighted by Crippen LogP contribution is 2.36. The van der Waals surface area contributed by atoms with Crippen LogP contribution in [-0.4, -0.2) is 26.8 Å². The summed E-state index contributed by atoms with van der Waals surface area (Å²) in [6.07, 6.45) is 8.62. The first-order chi connectivity index (χ1) is 7.42. The molecule has 0 bridgehead atoms. The minimum absolute atomic E-state index is 0.824. The lowest BCUT2D eigenvalue weighted by atomic mass is 9.74. The second-order valence-corrected chi connectivity index (χ2v) is 5.27. The Kier molecular flexibility index (Phi) is 4.45. The van der Waals surface area contributed by atoms with Crippen LogP contribution in [0.2, 0.25) is 0 Å². The molecule has 2 heteroatoms. The Bertz CT molecular complexity index is 171. The van der Waals surface area contributed by atoms with Crippen LogP contribution in [0.1, 0.15) is 38.5 Å². The molecule has 1 aliphatic carbocycles. The predicted molar refractivity (Wildman–Crippen MR) is 62.9 cm³/mol. The van der Waals surface area contributed by atoms with Gasteiger partial charge in [0.05, 0.1) is 0 Å². The van der Waals surface area contributed by atoms with Gasteiger partial charge in [0, 0.05) is 13.7 Å². The van der Waals surface area contributed by atoms with Gasteiger partial charge >= 0.3 is 0 Å². The van der Waals surface area contributed by atoms with Crippen molar-refractivity contribution in [2.45, 2.75) is 38.5 Å². The van der Waals surface area contributed by atoms with Gasteiger partial charge in [0.2, 0.25) is 0 Å². The Morgan fingerprint density at radius 3 is 2.53 bits per heavy atom. The molecule has 1 saturated carbocycles. The third kappa shape index (κ3) is 2.94. The molecule has 0 aromatic carbocycles. The molecule has 1 N–H and O–H groups in total. The summed E-state index contributed by atoms with van der Waals surface area (Å²) >= 11 is 0. The third-order valence-corrected chi connectivity index (χ3v) is 4.32. The molecule has 0 aromatic rings. The van der Waals surface area contributed by atoms with Crippen molar-refractivity contribution >= 4 is 0 Å². The number of hydrogen-bond donors (Lipinski definition) is 1. The van der Waals surface area contributed by atoms with Crippen molar-refractivity contribution in [3.05, 3.63) is 0 Å². The summed E-state index contributed by atoms with van der Waals surface area (Å²) in [5.74, 6) is 2.65. The van der Waals surface area contributed by atoms with Crippen molar-refractivity contribution < 1.29 is 4.74 Å². The van der Waals surface area contributed by atoms with Gasteiger partial charge in [-0.15, -0.1) is 0 Å². The van der Waals surface area contributed by atoms with E-state index in [1.54, 1.807) is 0 Å². The number of ether oxygens (including phenoxy) is 1. The topological polar surface area (TPSA) is 21.3 Å². The summed E-state index contributed by atoms with van der Waals surface area (Å²) in [5.41, 5.74) is 0. The van der Waals surface area contributed by atoms with Crippen LogP contribution in [0.15, 0.2) is 0 Å². The molecule has 0 radical (unpaired) electrons. The number of hydrogen-bond acceptors (Lipinski definition) is 2. The van der Waals surface area contributed by atoms with Crippen molar-refractivity contribution in [1.29, 1.82) is 0 Å². The van der Waals surface area contributed by atoms with Gasteiger partial charge in [0.15, 0.2) is 0 Å². The van der Waals surface area contributed by atoms with E-state index in [1.165, 1.54) is 51.6 Å². The molecule has 0 amide bonds. The molecule has 0 spiro atoms. The highest BCUT2D eigenvalue weighted by molar-refractivity contribution is 4.84. The van der Waals surface area contributed by atoms with Crippen molar-refractivity contribution in [1.82, 2.24) is 5.32 Å². The normalized spacial score (nSPS) is 30.6. The van der Waals surface area contributed by atoms with Crippen LogP contribution in [0.25, 0.3) is 0 Å². The monoisotopic (exact) mass is 211 g/mol. The van der Waals surface area contributed by atoms with E-state index in [4.69, 9.17) is 4.74 Å². The molecule has 88 valence electrons. The first kappa shape index (κ1) is 11.4. The number of methoxy groups -OCH3 is 1. The predicted octanol–water partition coefficient (Wildman–Crippen LogP) is 2.44. The molecule has 1 heterocycles. The zero-order chi connectivity index (χ0) is 10.5. The second kappa shape index (κ2) is 5.86. The summed E-state index contributed by atoms with van der Waals surface area (Å²) < 4.78 is 5.44. The first-order valence-corrected chi connectivity index (χ1v) is 6.61. The molecule has 2 unspecified atom stereocenters. The molecule has 0 aromatic heterocycles. The summed E-state index contributed by atoms with van der Waals surface area (Å²) in [6, 6.07) is 0. The van der Waals surface area contributed by atoms with Gasteiger partial charge < -0.3 is 10.1 Å². The van der Waals surface area contributed by atoms with Crippen molar-refractivity contribution in [2.24, 2.45) is 17.8 Å². The maximum Gasteiger partial charge on any atom is 0.0496 e. The average molecular weight is 211 g/mol. The van der Waals surface area contributed by atoms with Crippen LogP contribution in [0.3, 0.4) is 0 Å². The van der Waals surface area contributed by atoms with Gasteiger partial charge in [-0.2, -0.15) is 0 Å². The molecule has 2 fully saturated rings. The van der Waals surface area contributed by atoms with Crippen LogP contribution >= 0.6 is 0 Å². The van der Waals surface area contributed by atoms with Crippen LogP contribution in [0, 0.1) is 17.8 Å². The third-order valence-electron chi connectivity index (χ3n) is 4.32. The summed E-state index contributed by atoms with van der Waals surface area (Å²) in [6.45, 7) is 3.43. The molecule has 2 aliphatic rings. The Morgan fingerprint density at radius 2 is 1.93 bits per heavy atom. The van der Waals surface area contributed by atoms with Crippen molar-refractivity contribution in [3.63, 3.8) is 0 Å². The minimum atomic E-state index is 0.824. The van der Waals surface area contributed by atoms with Gasteiger partial charge in [-0.3, -0.25) is 0 Å². The van der Waals surface area contributed by atoms with Crippen LogP contribution < -0.4 is 5.32 Å². The highest BCUT2D eigenvalue weighted by atomic mass is 16.5. The lowest BCUT2D eigenvalue weighted by molar-refractivity contribution is 0.0716. The maximum atomic E-state index is 5.44. The van der Waals surface area contributed by atoms with Gasteiger partial charge in [-0.05, 0) is 37.3 Å². The summed E-state index contributed by atoms with van der Waals surface area (Å²) in [4.78, 5) is 0. The lowest BCUT2D eigenvalue weighted by Crippen LogP contribution is -2.30. The van der Waals surface area contributed by atoms with Gasteiger partial charge in [0.1, 0.15) is 0 Å². The van der Waals surface area contributed by atoms with E-state index in [0.717, 1.165) is 24.4 Å². The Morgan fingerprint density at radius 1 is 1.13 bits per heavy atom. The van der Waals surface area contributed by atoms with E-state index in [-0.39, 0.29) is 0 Å². The summed E-state index contributed by atoms with van der Waals surface area (Å²) in [5, 5.41) is 3.49. The Balaban J connectivity index is 1.90. The van der Waals surface area contributed by atoms with E-state index in [1.807, 2.05) is 7.11 Å². The molecule has 2 atom stereocenters. The highest BCUT2D eigenvalue weighted by Gasteiger charge is 2.31. The van der Waals surface area contributed by atoms with Gasteiger partial charge in [-0.25, -0.2) is 0 Å². The van der Waals surface area contributed by atoms with Crippen molar-refractivity contribution in [3.8, 4) is 0 Å². The quantitative estimate of drug-likeness (QED) is 0.771. The average Bonchev–Trinajstić information content (AvgIpc) is 2.80. The largest absolute Gasteiger partial charge is 0.384 e. The Labute approximate surface area is 93.8 Å². The Hall–Kier alpha value is -0.0800. The minimum Gasteiger partial charge on any atom is -0.384 e. The fourth-order valence-corrected chi connectivity index (χ4v) is 3.45. The fraction of sp³-hybridized carbons (Fsp3) is 1.00. The first-order valence-electron chi connectivity index (χ1n) is 6.61. The fourth-order valence-electron chi connectivity index (χ4n) is 3.45. The SMILES string of the molecule is COCC(C1CCCCC1)C1CCNC1. The standard InChI is InChI=1S/C13H25NO/c1-15-10-13(12-7-8-14-9-12)11-5-3-2-4-6-11/h11-14H,2-10H2,1H3. The van der Waals surface area contributed by atoms with E-state index >= 15 is 0 Å². The zero-order valence-corrected chi connectivity index (χ0v) is 10.0. The molecule has 1 aliphatic heterocycles. The van der Waals surface area contributed by atoms with Crippen LogP contribution in [0.4, 0.5) is 0 Å². The molecule has 1 saturated heterocycles. The van der Waals surface area contributed by atoms with E-state index in [9.17, 15) is 0 Å². The molecule has 15 heavy (non-hydrogen) atoms. The smallest absolute Gasteiger partial charge is 0.0496 e. The molecular weight excluding hydrogens is 186 g/mol. The maximum absolute atomic E-state index is 5.44. The molecule has 2 rings (SSSR count). The van der Waals surface area contributed by atoms with E-state index in [2.05, 4.69) is 5.32 Å². The number of nitrogens with one attached hydrogen (secondary N) is 1. The van der Waals surface area contributed by atoms with E-state index < -0.39 is 0 Å². The zero-order valence-electron chi connectivity index (χ0n) is 10.0. The second-order valence-electron chi connectivity index (χ2n) is 5.27. The van der Waals surface area contributed by atoms with Gasteiger partial charge in [0.25, 0.3) is 0 Å². The summed E-state index contributed by atoms with van der Waals surface area (Å²) in [7, 11) is 1.86. The van der Waals surface area contributed by atoms with Crippen LogP contribution in [-0.2, 0) is 4.74 Å². The van der Waals surface area contributed by atoms with Gasteiger partial charge in [-0.1, -0.05) is 32.1 Å². The lowest BCUT2D eigenvalue weighted by Gasteiger charge is -2.33. The molecule has 2 nitrogen and oxygen atoms in total. The van der Waals surface area contributed by atoms with Crippen molar-refractivity contribution in [2.75, 3.05) is 26.8 Å². The van der Waals surface area contributed by atoms with E-state index in [0.29, 0.717) is 0 Å². The molecular formula is C13H25NO. The number of rotatable bonds is 4. The van der Waals surface area contributed by atoms with Crippen LogP contribution in [0.5, 0.6) is 0 Å².